The summed E-state index contributed by atoms with van der Waals surface area (Å²) >= 11 is 0. The van der Waals surface area contributed by atoms with Crippen molar-refractivity contribution in [3.63, 3.8) is 0 Å². The SMILES string of the molecule is CNc1cccnc1S(=O)(=O)N(CC(C)C)CC(C)C. The highest BCUT2D eigenvalue weighted by Crippen LogP contribution is 2.23. The predicted octanol–water partition coefficient (Wildman–Crippen LogP) is 2.43. The second kappa shape index (κ2) is 7.04. The van der Waals surface area contributed by atoms with Crippen molar-refractivity contribution in [1.29, 1.82) is 0 Å². The maximum Gasteiger partial charge on any atom is 0.262 e. The molecular formula is C14H25N3O2S. The fourth-order valence-electron chi connectivity index (χ4n) is 1.99. The molecule has 0 atom stereocenters. The zero-order valence-corrected chi connectivity index (χ0v) is 13.7. The molecule has 1 rings (SSSR count). The van der Waals surface area contributed by atoms with Crippen LogP contribution in [0.3, 0.4) is 0 Å². The van der Waals surface area contributed by atoms with Gasteiger partial charge in [0.2, 0.25) is 0 Å². The third-order valence-corrected chi connectivity index (χ3v) is 4.55. The van der Waals surface area contributed by atoms with Gasteiger partial charge < -0.3 is 5.32 Å². The highest BCUT2D eigenvalue weighted by Gasteiger charge is 2.29. The van der Waals surface area contributed by atoms with E-state index in [4.69, 9.17) is 0 Å². The van der Waals surface area contributed by atoms with E-state index in [1.165, 1.54) is 10.5 Å². The van der Waals surface area contributed by atoms with Crippen LogP contribution < -0.4 is 5.32 Å². The number of sulfonamides is 1. The van der Waals surface area contributed by atoms with Gasteiger partial charge in [-0.2, -0.15) is 4.31 Å². The standard InChI is InChI=1S/C14H25N3O2S/c1-11(2)9-17(10-12(3)4)20(18,19)14-13(15-5)7-6-8-16-14/h6-8,11-12,15H,9-10H2,1-5H3. The van der Waals surface area contributed by atoms with Crippen LogP contribution in [0.25, 0.3) is 0 Å². The molecule has 0 saturated carbocycles. The third-order valence-electron chi connectivity index (χ3n) is 2.76. The van der Waals surface area contributed by atoms with Gasteiger partial charge in [-0.05, 0) is 24.0 Å². The van der Waals surface area contributed by atoms with Gasteiger partial charge in [0.1, 0.15) is 0 Å². The summed E-state index contributed by atoms with van der Waals surface area (Å²) in [5, 5.41) is 3.00. The van der Waals surface area contributed by atoms with Gasteiger partial charge in [0, 0.05) is 26.3 Å². The largest absolute Gasteiger partial charge is 0.386 e. The van der Waals surface area contributed by atoms with Gasteiger partial charge in [0.15, 0.2) is 5.03 Å². The molecule has 1 N–H and O–H groups in total. The van der Waals surface area contributed by atoms with Gasteiger partial charge in [0.05, 0.1) is 5.69 Å². The molecule has 1 aromatic heterocycles. The number of nitrogens with one attached hydrogen (secondary N) is 1. The molecule has 1 aromatic rings. The van der Waals surface area contributed by atoms with Crippen molar-refractivity contribution in [2.45, 2.75) is 32.7 Å². The van der Waals surface area contributed by atoms with Crippen LogP contribution in [0.4, 0.5) is 5.69 Å². The Balaban J connectivity index is 3.21. The molecule has 20 heavy (non-hydrogen) atoms. The molecule has 0 radical (unpaired) electrons. The number of nitrogens with zero attached hydrogens (tertiary/aromatic N) is 2. The Kier molecular flexibility index (Phi) is 5.95. The molecule has 1 heterocycles. The van der Waals surface area contributed by atoms with E-state index >= 15 is 0 Å². The number of aromatic nitrogens is 1. The van der Waals surface area contributed by atoms with Gasteiger partial charge in [-0.15, -0.1) is 0 Å². The van der Waals surface area contributed by atoms with E-state index in [-0.39, 0.29) is 16.9 Å². The molecule has 0 saturated heterocycles. The lowest BCUT2D eigenvalue weighted by Gasteiger charge is -2.25. The van der Waals surface area contributed by atoms with Crippen LogP contribution in [-0.2, 0) is 10.0 Å². The Morgan fingerprint density at radius 1 is 1.20 bits per heavy atom. The lowest BCUT2D eigenvalue weighted by molar-refractivity contribution is 0.332. The lowest BCUT2D eigenvalue weighted by atomic mass is 10.2. The molecule has 0 aromatic carbocycles. The van der Waals surface area contributed by atoms with Crippen molar-refractivity contribution in [3.05, 3.63) is 18.3 Å². The molecule has 6 heteroatoms. The predicted molar refractivity (Wildman–Crippen MR) is 82.2 cm³/mol. The first-order valence-electron chi connectivity index (χ1n) is 6.92. The van der Waals surface area contributed by atoms with Crippen molar-refractivity contribution in [1.82, 2.24) is 9.29 Å². The zero-order valence-electron chi connectivity index (χ0n) is 12.9. The molecule has 0 fully saturated rings. The number of rotatable bonds is 7. The number of anilines is 1. The Labute approximate surface area is 122 Å². The summed E-state index contributed by atoms with van der Waals surface area (Å²) < 4.78 is 27.1. The zero-order chi connectivity index (χ0) is 15.3. The van der Waals surface area contributed by atoms with Gasteiger partial charge >= 0.3 is 0 Å². The third kappa shape index (κ3) is 4.18. The summed E-state index contributed by atoms with van der Waals surface area (Å²) in [4.78, 5) is 4.06. The second-order valence-corrected chi connectivity index (χ2v) is 7.57. The summed E-state index contributed by atoms with van der Waals surface area (Å²) in [6.07, 6.45) is 1.51. The molecule has 0 unspecified atom stereocenters. The van der Waals surface area contributed by atoms with E-state index in [0.717, 1.165) is 0 Å². The summed E-state index contributed by atoms with van der Waals surface area (Å²) in [6, 6.07) is 3.45. The quantitative estimate of drug-likeness (QED) is 0.840. The maximum atomic E-state index is 12.8. The van der Waals surface area contributed by atoms with E-state index in [2.05, 4.69) is 10.3 Å². The Bertz CT molecular complexity index is 517. The highest BCUT2D eigenvalue weighted by atomic mass is 32.2. The van der Waals surface area contributed by atoms with Crippen LogP contribution in [0, 0.1) is 11.8 Å². The molecule has 0 aliphatic rings. The fourth-order valence-corrected chi connectivity index (χ4v) is 3.87. The summed E-state index contributed by atoms with van der Waals surface area (Å²) in [7, 11) is -1.87. The summed E-state index contributed by atoms with van der Waals surface area (Å²) in [6.45, 7) is 9.06. The average molecular weight is 299 g/mol. The monoisotopic (exact) mass is 299 g/mol. The van der Waals surface area contributed by atoms with Gasteiger partial charge in [-0.3, -0.25) is 0 Å². The number of hydrogen-bond donors (Lipinski definition) is 1. The normalized spacial score (nSPS) is 12.4. The van der Waals surface area contributed by atoms with Gasteiger partial charge in [-0.25, -0.2) is 13.4 Å². The molecule has 0 spiro atoms. The lowest BCUT2D eigenvalue weighted by Crippen LogP contribution is -2.37. The molecule has 0 bridgehead atoms. The molecule has 0 amide bonds. The van der Waals surface area contributed by atoms with E-state index in [0.29, 0.717) is 18.8 Å². The molecule has 0 aliphatic heterocycles. The highest BCUT2D eigenvalue weighted by molar-refractivity contribution is 7.89. The van der Waals surface area contributed by atoms with E-state index in [9.17, 15) is 8.42 Å². The topological polar surface area (TPSA) is 62.3 Å². The minimum Gasteiger partial charge on any atom is -0.386 e. The van der Waals surface area contributed by atoms with Crippen LogP contribution >= 0.6 is 0 Å². The first-order valence-corrected chi connectivity index (χ1v) is 8.36. The van der Waals surface area contributed by atoms with E-state index in [1.54, 1.807) is 19.2 Å². The summed E-state index contributed by atoms with van der Waals surface area (Å²) in [5.74, 6) is 0.538. The van der Waals surface area contributed by atoms with Crippen LogP contribution in [0.15, 0.2) is 23.4 Å². The first kappa shape index (κ1) is 16.9. The minimum absolute atomic E-state index is 0.101. The molecule has 114 valence electrons. The van der Waals surface area contributed by atoms with E-state index in [1.807, 2.05) is 27.7 Å². The van der Waals surface area contributed by atoms with Crippen molar-refractivity contribution in [3.8, 4) is 0 Å². The number of pyridine rings is 1. The first-order chi connectivity index (χ1) is 9.28. The van der Waals surface area contributed by atoms with Crippen LogP contribution in [0.5, 0.6) is 0 Å². The average Bonchev–Trinajstić information content (AvgIpc) is 2.36. The maximum absolute atomic E-state index is 12.8. The van der Waals surface area contributed by atoms with Crippen molar-refractivity contribution >= 4 is 15.7 Å². The van der Waals surface area contributed by atoms with Crippen molar-refractivity contribution in [2.24, 2.45) is 11.8 Å². The smallest absolute Gasteiger partial charge is 0.262 e. The van der Waals surface area contributed by atoms with Crippen LogP contribution in [-0.4, -0.2) is 37.8 Å². The molecular weight excluding hydrogens is 274 g/mol. The second-order valence-electron chi connectivity index (χ2n) is 5.72. The number of hydrogen-bond acceptors (Lipinski definition) is 4. The molecule has 0 aliphatic carbocycles. The molecule has 5 nitrogen and oxygen atoms in total. The Morgan fingerprint density at radius 2 is 1.75 bits per heavy atom. The van der Waals surface area contributed by atoms with Crippen molar-refractivity contribution in [2.75, 3.05) is 25.5 Å². The van der Waals surface area contributed by atoms with E-state index < -0.39 is 10.0 Å². The Hall–Kier alpha value is -1.14. The van der Waals surface area contributed by atoms with Gasteiger partial charge in [0.25, 0.3) is 10.0 Å². The van der Waals surface area contributed by atoms with Crippen molar-refractivity contribution < 1.29 is 8.42 Å². The minimum atomic E-state index is -3.57. The Morgan fingerprint density at radius 3 is 2.20 bits per heavy atom. The summed E-state index contributed by atoms with van der Waals surface area (Å²) in [5.41, 5.74) is 0.532. The van der Waals surface area contributed by atoms with Crippen LogP contribution in [0.2, 0.25) is 0 Å². The van der Waals surface area contributed by atoms with Crippen LogP contribution in [0.1, 0.15) is 27.7 Å². The van der Waals surface area contributed by atoms with Gasteiger partial charge in [-0.1, -0.05) is 27.7 Å². The fraction of sp³-hybridized carbons (Fsp3) is 0.643.